The van der Waals surface area contributed by atoms with Gasteiger partial charge in [0, 0.05) is 6.42 Å². The van der Waals surface area contributed by atoms with E-state index in [9.17, 15) is 20.1 Å². The zero-order valence-electron chi connectivity index (χ0n) is 40.6. The van der Waals surface area contributed by atoms with Gasteiger partial charge in [-0.05, 0) is 64.2 Å². The average molecular weight is 846 g/mol. The lowest BCUT2D eigenvalue weighted by Crippen LogP contribution is -2.50. The van der Waals surface area contributed by atoms with Crippen molar-refractivity contribution in [2.45, 2.75) is 315 Å². The molecule has 0 rings (SSSR count). The highest BCUT2D eigenvalue weighted by molar-refractivity contribution is 5.76. The monoisotopic (exact) mass is 846 g/mol. The Hall–Kier alpha value is -1.17. The first-order valence-electron chi connectivity index (χ1n) is 27.1. The van der Waals surface area contributed by atoms with Gasteiger partial charge in [-0.25, -0.2) is 0 Å². The van der Waals surface area contributed by atoms with Crippen LogP contribution in [0.2, 0.25) is 0 Å². The second-order valence-corrected chi connectivity index (χ2v) is 18.8. The predicted molar refractivity (Wildman–Crippen MR) is 264 cm³/mol. The molecule has 0 spiro atoms. The SMILES string of the molecule is CCCCCCCC/C=C/CCCC(O)C(O)C(CO)NC(=O)CCCCCCCCCCCCCCCCCCC/C=C\CCCCCCCCCCCCCCCC. The van der Waals surface area contributed by atoms with Crippen molar-refractivity contribution in [2.75, 3.05) is 6.61 Å². The van der Waals surface area contributed by atoms with Crippen molar-refractivity contribution < 1.29 is 20.1 Å². The zero-order valence-corrected chi connectivity index (χ0v) is 40.6. The molecule has 0 aromatic carbocycles. The van der Waals surface area contributed by atoms with Crippen molar-refractivity contribution in [3.8, 4) is 0 Å². The van der Waals surface area contributed by atoms with Crippen LogP contribution < -0.4 is 5.32 Å². The number of hydrogen-bond donors (Lipinski definition) is 4. The van der Waals surface area contributed by atoms with Gasteiger partial charge in [0.25, 0.3) is 0 Å². The second kappa shape index (κ2) is 50.5. The van der Waals surface area contributed by atoms with Crippen molar-refractivity contribution in [3.63, 3.8) is 0 Å². The van der Waals surface area contributed by atoms with Crippen LogP contribution in [0.1, 0.15) is 296 Å². The van der Waals surface area contributed by atoms with Crippen LogP contribution in [0.5, 0.6) is 0 Å². The number of allylic oxidation sites excluding steroid dienone is 4. The van der Waals surface area contributed by atoms with Gasteiger partial charge in [-0.1, -0.05) is 250 Å². The molecule has 0 bridgehead atoms. The first kappa shape index (κ1) is 58.8. The Balaban J connectivity index is 3.44. The molecule has 0 heterocycles. The maximum atomic E-state index is 12.5. The van der Waals surface area contributed by atoms with E-state index < -0.39 is 18.2 Å². The van der Waals surface area contributed by atoms with Crippen LogP contribution >= 0.6 is 0 Å². The smallest absolute Gasteiger partial charge is 0.220 e. The van der Waals surface area contributed by atoms with Gasteiger partial charge in [-0.2, -0.15) is 0 Å². The van der Waals surface area contributed by atoms with Crippen molar-refractivity contribution in [1.29, 1.82) is 0 Å². The summed E-state index contributed by atoms with van der Waals surface area (Å²) < 4.78 is 0. The van der Waals surface area contributed by atoms with Crippen molar-refractivity contribution in [1.82, 2.24) is 5.32 Å². The molecule has 356 valence electrons. The molecule has 0 fully saturated rings. The van der Waals surface area contributed by atoms with E-state index in [0.717, 1.165) is 38.5 Å². The van der Waals surface area contributed by atoms with E-state index in [0.29, 0.717) is 12.8 Å². The molecule has 0 aliphatic rings. The summed E-state index contributed by atoms with van der Waals surface area (Å²) in [5.41, 5.74) is 0. The molecular formula is C55H107NO4. The highest BCUT2D eigenvalue weighted by Crippen LogP contribution is 2.17. The summed E-state index contributed by atoms with van der Waals surface area (Å²) in [6.07, 6.45) is 63.5. The Bertz CT molecular complexity index is 890. The van der Waals surface area contributed by atoms with Gasteiger partial charge in [0.05, 0.1) is 18.8 Å². The number of aliphatic hydroxyl groups excluding tert-OH is 3. The lowest BCUT2D eigenvalue weighted by atomic mass is 10.0. The van der Waals surface area contributed by atoms with Crippen LogP contribution in [0.15, 0.2) is 24.3 Å². The summed E-state index contributed by atoms with van der Waals surface area (Å²) in [7, 11) is 0. The molecule has 5 nitrogen and oxygen atoms in total. The molecular weight excluding hydrogens is 739 g/mol. The van der Waals surface area contributed by atoms with Crippen LogP contribution in [0, 0.1) is 0 Å². The Kier molecular flexibility index (Phi) is 49.5. The number of rotatable bonds is 50. The maximum Gasteiger partial charge on any atom is 0.220 e. The zero-order chi connectivity index (χ0) is 43.7. The number of amides is 1. The largest absolute Gasteiger partial charge is 0.394 e. The Labute approximate surface area is 375 Å². The molecule has 3 atom stereocenters. The Morgan fingerprint density at radius 3 is 0.967 bits per heavy atom. The molecule has 1 amide bonds. The van der Waals surface area contributed by atoms with Crippen LogP contribution in [0.4, 0.5) is 0 Å². The number of carbonyl (C=O) groups excluding carboxylic acids is 1. The Morgan fingerprint density at radius 1 is 0.400 bits per heavy atom. The fourth-order valence-electron chi connectivity index (χ4n) is 8.57. The minimum atomic E-state index is -1.16. The van der Waals surface area contributed by atoms with Crippen LogP contribution in [-0.2, 0) is 4.79 Å². The number of aliphatic hydroxyl groups is 3. The fraction of sp³-hybridized carbons (Fsp3) is 0.909. The molecule has 3 unspecified atom stereocenters. The third-order valence-electron chi connectivity index (χ3n) is 12.8. The Morgan fingerprint density at radius 2 is 0.667 bits per heavy atom. The molecule has 5 heteroatoms. The van der Waals surface area contributed by atoms with Crippen molar-refractivity contribution in [2.24, 2.45) is 0 Å². The van der Waals surface area contributed by atoms with Gasteiger partial charge in [-0.3, -0.25) is 4.79 Å². The average Bonchev–Trinajstić information content (AvgIpc) is 3.25. The van der Waals surface area contributed by atoms with Gasteiger partial charge in [0.1, 0.15) is 6.10 Å². The van der Waals surface area contributed by atoms with E-state index in [1.807, 2.05) is 0 Å². The minimum absolute atomic E-state index is 0.151. The molecule has 4 N–H and O–H groups in total. The molecule has 0 saturated heterocycles. The molecule has 0 radical (unpaired) electrons. The van der Waals surface area contributed by atoms with E-state index in [4.69, 9.17) is 0 Å². The number of carbonyl (C=O) groups is 1. The van der Waals surface area contributed by atoms with Crippen LogP contribution in [0.3, 0.4) is 0 Å². The lowest BCUT2D eigenvalue weighted by molar-refractivity contribution is -0.124. The number of unbranched alkanes of at least 4 members (excludes halogenated alkanes) is 38. The topological polar surface area (TPSA) is 89.8 Å². The van der Waals surface area contributed by atoms with Gasteiger partial charge in [0.2, 0.25) is 5.91 Å². The highest BCUT2D eigenvalue weighted by Gasteiger charge is 2.26. The highest BCUT2D eigenvalue weighted by atomic mass is 16.3. The standard InChI is InChI=1S/C55H107NO4/c1-3-5-7-9-11-13-15-16-17-18-19-20-21-22-23-24-25-26-27-28-29-30-31-32-33-34-35-36-37-38-40-42-44-46-48-50-54(59)56-52(51-57)55(60)53(58)49-47-45-43-41-39-14-12-10-8-6-4-2/h24-25,41,43,52-53,55,57-58,60H,3-23,26-40,42,44-51H2,1-2H3,(H,56,59)/b25-24-,43-41+. The molecule has 0 aliphatic carbocycles. The first-order valence-corrected chi connectivity index (χ1v) is 27.1. The third-order valence-corrected chi connectivity index (χ3v) is 12.8. The number of hydrogen-bond acceptors (Lipinski definition) is 4. The summed E-state index contributed by atoms with van der Waals surface area (Å²) in [4.78, 5) is 12.5. The normalized spacial score (nSPS) is 13.5. The lowest BCUT2D eigenvalue weighted by Gasteiger charge is -2.26. The minimum Gasteiger partial charge on any atom is -0.394 e. The van der Waals surface area contributed by atoms with Gasteiger partial charge in [0.15, 0.2) is 0 Å². The summed E-state index contributed by atoms with van der Waals surface area (Å²) >= 11 is 0. The van der Waals surface area contributed by atoms with Crippen molar-refractivity contribution >= 4 is 5.91 Å². The molecule has 0 aromatic heterocycles. The van der Waals surface area contributed by atoms with E-state index in [2.05, 4.69) is 43.5 Å². The molecule has 0 saturated carbocycles. The number of nitrogens with one attached hydrogen (secondary N) is 1. The maximum absolute atomic E-state index is 12.5. The van der Waals surface area contributed by atoms with Crippen LogP contribution in [0.25, 0.3) is 0 Å². The summed E-state index contributed by atoms with van der Waals surface area (Å²) in [6.45, 7) is 4.17. The second-order valence-electron chi connectivity index (χ2n) is 18.8. The summed E-state index contributed by atoms with van der Waals surface area (Å²) in [6, 6.07) is -0.822. The van der Waals surface area contributed by atoms with E-state index in [1.165, 1.54) is 231 Å². The third kappa shape index (κ3) is 44.9. The summed E-state index contributed by atoms with van der Waals surface area (Å²) in [5, 5.41) is 33.5. The van der Waals surface area contributed by atoms with Crippen molar-refractivity contribution in [3.05, 3.63) is 24.3 Å². The first-order chi connectivity index (χ1) is 29.6. The van der Waals surface area contributed by atoms with Gasteiger partial charge >= 0.3 is 0 Å². The quantitative estimate of drug-likeness (QED) is 0.0363. The van der Waals surface area contributed by atoms with E-state index in [-0.39, 0.29) is 12.5 Å². The summed E-state index contributed by atoms with van der Waals surface area (Å²) in [5.74, 6) is -0.151. The van der Waals surface area contributed by atoms with E-state index in [1.54, 1.807) is 0 Å². The molecule has 0 aliphatic heterocycles. The molecule has 0 aromatic rings. The predicted octanol–water partition coefficient (Wildman–Crippen LogP) is 16.5. The van der Waals surface area contributed by atoms with E-state index >= 15 is 0 Å². The van der Waals surface area contributed by atoms with Gasteiger partial charge < -0.3 is 20.6 Å². The van der Waals surface area contributed by atoms with Crippen LogP contribution in [-0.4, -0.2) is 46.1 Å². The van der Waals surface area contributed by atoms with Gasteiger partial charge in [-0.15, -0.1) is 0 Å². The molecule has 60 heavy (non-hydrogen) atoms. The fourth-order valence-corrected chi connectivity index (χ4v) is 8.57.